The predicted molar refractivity (Wildman–Crippen MR) is 138 cm³/mol. The number of nitrogens with zero attached hydrogens (tertiary/aromatic N) is 2. The largest absolute Gasteiger partial charge is 0.368 e. The summed E-state index contributed by atoms with van der Waals surface area (Å²) in [6.45, 7) is 12.0. The van der Waals surface area contributed by atoms with Crippen LogP contribution in [0.3, 0.4) is 0 Å². The number of anilines is 1. The molecule has 0 N–H and O–H groups in total. The second-order valence-corrected chi connectivity index (χ2v) is 10.5. The summed E-state index contributed by atoms with van der Waals surface area (Å²) in [4.78, 5) is 17.3. The Morgan fingerprint density at radius 3 is 2.47 bits per heavy atom. The van der Waals surface area contributed by atoms with Crippen molar-refractivity contribution in [1.29, 1.82) is 0 Å². The third-order valence-electron chi connectivity index (χ3n) is 5.32. The summed E-state index contributed by atoms with van der Waals surface area (Å²) in [5.74, 6) is 1.28. The van der Waals surface area contributed by atoms with E-state index in [9.17, 15) is 4.79 Å². The predicted octanol–water partition coefficient (Wildman–Crippen LogP) is 6.24. The van der Waals surface area contributed by atoms with Gasteiger partial charge in [0.1, 0.15) is 6.29 Å². The molecule has 3 nitrogen and oxygen atoms in total. The Morgan fingerprint density at radius 2 is 1.83 bits per heavy atom. The summed E-state index contributed by atoms with van der Waals surface area (Å²) in [6, 6.07) is 9.27. The summed E-state index contributed by atoms with van der Waals surface area (Å²) in [5, 5.41) is 0.461. The zero-order valence-electron chi connectivity index (χ0n) is 19.8. The normalized spacial score (nSPS) is 13.9. The van der Waals surface area contributed by atoms with Crippen molar-refractivity contribution in [1.82, 2.24) is 4.90 Å². The summed E-state index contributed by atoms with van der Waals surface area (Å²) < 4.78 is 0. The molecule has 170 valence electrons. The number of carbonyl (C=O) groups excluding carboxylic acids is 1. The van der Waals surface area contributed by atoms with Crippen LogP contribution in [0.15, 0.2) is 41.3 Å². The molecule has 0 aliphatic rings. The zero-order chi connectivity index (χ0) is 22.4. The summed E-state index contributed by atoms with van der Waals surface area (Å²) in [7, 11) is 2.17. The summed E-state index contributed by atoms with van der Waals surface area (Å²) in [5.41, 5.74) is 1.34. The molecule has 0 heterocycles. The molecule has 0 aliphatic heterocycles. The van der Waals surface area contributed by atoms with Gasteiger partial charge in [0, 0.05) is 34.4 Å². The van der Waals surface area contributed by atoms with Gasteiger partial charge in [0.15, 0.2) is 0 Å². The molecule has 0 radical (unpaired) electrons. The smallest absolute Gasteiger partial charge is 0.123 e. The number of para-hydroxylation sites is 1. The van der Waals surface area contributed by atoms with Gasteiger partial charge in [0.05, 0.1) is 5.69 Å². The molecule has 0 spiro atoms. The van der Waals surface area contributed by atoms with Crippen LogP contribution in [-0.2, 0) is 4.79 Å². The average molecular weight is 451 g/mol. The van der Waals surface area contributed by atoms with Gasteiger partial charge in [-0.05, 0) is 78.6 Å². The van der Waals surface area contributed by atoms with Gasteiger partial charge in [-0.1, -0.05) is 31.2 Å². The lowest BCUT2D eigenvalue weighted by atomic mass is 10.0. The van der Waals surface area contributed by atoms with E-state index in [-0.39, 0.29) is 5.92 Å². The van der Waals surface area contributed by atoms with Crippen molar-refractivity contribution in [3.05, 3.63) is 36.4 Å². The Morgan fingerprint density at radius 1 is 1.10 bits per heavy atom. The van der Waals surface area contributed by atoms with Gasteiger partial charge in [-0.15, -0.1) is 11.8 Å². The number of benzene rings is 1. The summed E-state index contributed by atoms with van der Waals surface area (Å²) in [6.07, 6.45) is 10.9. The van der Waals surface area contributed by atoms with Crippen molar-refractivity contribution in [3.63, 3.8) is 0 Å². The first-order valence-electron chi connectivity index (χ1n) is 11.2. The molecule has 30 heavy (non-hydrogen) atoms. The average Bonchev–Trinajstić information content (AvgIpc) is 2.72. The van der Waals surface area contributed by atoms with Crippen LogP contribution >= 0.6 is 23.5 Å². The molecule has 0 saturated heterocycles. The van der Waals surface area contributed by atoms with E-state index >= 15 is 0 Å². The second kappa shape index (κ2) is 15.8. The van der Waals surface area contributed by atoms with E-state index in [0.29, 0.717) is 11.3 Å². The van der Waals surface area contributed by atoms with Crippen LogP contribution in [0.25, 0.3) is 0 Å². The number of aldehydes is 1. The Balaban J connectivity index is 2.69. The fourth-order valence-electron chi connectivity index (χ4n) is 3.41. The maximum absolute atomic E-state index is 11.0. The lowest BCUT2D eigenvalue weighted by molar-refractivity contribution is -0.111. The van der Waals surface area contributed by atoms with Crippen molar-refractivity contribution in [2.45, 2.75) is 63.1 Å². The molecule has 0 fully saturated rings. The van der Waals surface area contributed by atoms with Gasteiger partial charge < -0.3 is 14.6 Å². The van der Waals surface area contributed by atoms with E-state index in [2.05, 4.69) is 87.2 Å². The molecule has 1 aromatic carbocycles. The number of rotatable bonds is 16. The molecule has 0 amide bonds. The maximum atomic E-state index is 11.0. The Labute approximate surface area is 194 Å². The molecule has 2 atom stereocenters. The number of hydrogen-bond acceptors (Lipinski definition) is 5. The Hall–Kier alpha value is -0.910. The van der Waals surface area contributed by atoms with Gasteiger partial charge >= 0.3 is 0 Å². The van der Waals surface area contributed by atoms with E-state index in [1.54, 1.807) is 0 Å². The monoisotopic (exact) mass is 450 g/mol. The van der Waals surface area contributed by atoms with Gasteiger partial charge in [0.2, 0.25) is 0 Å². The molecule has 1 rings (SSSR count). The SMILES string of the molecule is CCC(C=O)CCN(C)CCCN(c1ccccc1SC(C)/C=C\CSC)C(C)C. The molecular formula is C25H42N2OS2. The quantitative estimate of drug-likeness (QED) is 0.169. The molecule has 0 aliphatic carbocycles. The Bertz CT molecular complexity index is 621. The van der Waals surface area contributed by atoms with Gasteiger partial charge in [-0.25, -0.2) is 0 Å². The van der Waals surface area contributed by atoms with Gasteiger partial charge in [-0.3, -0.25) is 0 Å². The third kappa shape index (κ3) is 10.4. The van der Waals surface area contributed by atoms with E-state index in [1.165, 1.54) is 10.6 Å². The molecular weight excluding hydrogens is 408 g/mol. The third-order valence-corrected chi connectivity index (χ3v) is 6.97. The highest BCUT2D eigenvalue weighted by atomic mass is 32.2. The van der Waals surface area contributed by atoms with Crippen molar-refractivity contribution < 1.29 is 4.79 Å². The van der Waals surface area contributed by atoms with Crippen LogP contribution in [0.4, 0.5) is 5.69 Å². The fourth-order valence-corrected chi connectivity index (χ4v) is 4.77. The van der Waals surface area contributed by atoms with Crippen LogP contribution in [0.5, 0.6) is 0 Å². The number of thioether (sulfide) groups is 2. The molecule has 1 aromatic rings. The van der Waals surface area contributed by atoms with Crippen molar-refractivity contribution in [2.24, 2.45) is 5.92 Å². The molecule has 2 unspecified atom stereocenters. The fraction of sp³-hybridized carbons (Fsp3) is 0.640. The van der Waals surface area contributed by atoms with E-state index in [0.717, 1.165) is 50.9 Å². The summed E-state index contributed by atoms with van der Waals surface area (Å²) >= 11 is 3.80. The topological polar surface area (TPSA) is 23.6 Å². The molecule has 0 aromatic heterocycles. The van der Waals surface area contributed by atoms with E-state index < -0.39 is 0 Å². The molecule has 0 saturated carbocycles. The first-order valence-corrected chi connectivity index (χ1v) is 13.5. The number of hydrogen-bond donors (Lipinski definition) is 0. The number of carbonyl (C=O) groups is 1. The minimum Gasteiger partial charge on any atom is -0.368 e. The van der Waals surface area contributed by atoms with Crippen LogP contribution in [0.1, 0.15) is 47.0 Å². The van der Waals surface area contributed by atoms with Gasteiger partial charge in [-0.2, -0.15) is 11.8 Å². The van der Waals surface area contributed by atoms with E-state index in [4.69, 9.17) is 0 Å². The van der Waals surface area contributed by atoms with Crippen molar-refractivity contribution >= 4 is 35.5 Å². The minimum atomic E-state index is 0.204. The van der Waals surface area contributed by atoms with Crippen LogP contribution in [0, 0.1) is 5.92 Å². The van der Waals surface area contributed by atoms with Crippen LogP contribution < -0.4 is 4.90 Å². The first-order chi connectivity index (χ1) is 14.4. The maximum Gasteiger partial charge on any atom is 0.123 e. The lowest BCUT2D eigenvalue weighted by Gasteiger charge is -2.32. The standard InChI is InChI=1S/C25H42N2OS2/c1-7-23(20-28)15-18-26(5)16-11-17-27(21(2)3)24-13-8-9-14-25(24)30-22(4)12-10-19-29-6/h8-10,12-14,20-23H,7,11,15-19H2,1-6H3/b12-10-. The van der Waals surface area contributed by atoms with Gasteiger partial charge in [0.25, 0.3) is 0 Å². The zero-order valence-corrected chi connectivity index (χ0v) is 21.5. The lowest BCUT2D eigenvalue weighted by Crippen LogP contribution is -2.34. The highest BCUT2D eigenvalue weighted by Gasteiger charge is 2.16. The first kappa shape index (κ1) is 27.1. The Kier molecular flexibility index (Phi) is 14.3. The molecule has 0 bridgehead atoms. The van der Waals surface area contributed by atoms with Crippen molar-refractivity contribution in [2.75, 3.05) is 43.6 Å². The van der Waals surface area contributed by atoms with Crippen molar-refractivity contribution in [3.8, 4) is 0 Å². The second-order valence-electron chi connectivity index (χ2n) is 8.21. The highest BCUT2D eigenvalue weighted by Crippen LogP contribution is 2.34. The van der Waals surface area contributed by atoms with Crippen LogP contribution in [0.2, 0.25) is 0 Å². The molecule has 5 heteroatoms. The highest BCUT2D eigenvalue weighted by molar-refractivity contribution is 8.00. The van der Waals surface area contributed by atoms with E-state index in [1.807, 2.05) is 23.5 Å². The van der Waals surface area contributed by atoms with Crippen LogP contribution in [-0.4, -0.2) is 61.2 Å². The minimum absolute atomic E-state index is 0.204.